The molecule has 136 valence electrons. The number of nitrogens with one attached hydrogen (secondary N) is 1. The summed E-state index contributed by atoms with van der Waals surface area (Å²) in [4.78, 5) is 12.3. The minimum absolute atomic E-state index is 0.0365. The number of nitriles is 2. The second-order valence-electron chi connectivity index (χ2n) is 5.32. The molecule has 0 bridgehead atoms. The van der Waals surface area contributed by atoms with Crippen LogP contribution in [0.5, 0.6) is 11.5 Å². The van der Waals surface area contributed by atoms with Gasteiger partial charge in [-0.25, -0.2) is 0 Å². The lowest BCUT2D eigenvalue weighted by Crippen LogP contribution is -2.23. The molecule has 0 aliphatic carbocycles. The molecule has 0 spiro atoms. The third-order valence-electron chi connectivity index (χ3n) is 3.50. The number of hydrogen-bond donors (Lipinski definition) is 1. The first-order chi connectivity index (χ1) is 13.1. The first kappa shape index (κ1) is 20.0. The maximum Gasteiger partial charge on any atom is 0.262 e. The van der Waals surface area contributed by atoms with Crippen molar-refractivity contribution in [3.8, 4) is 23.6 Å². The summed E-state index contributed by atoms with van der Waals surface area (Å²) in [5, 5.41) is 20.7. The number of rotatable bonds is 7. The van der Waals surface area contributed by atoms with Crippen molar-refractivity contribution in [1.29, 1.82) is 10.5 Å². The molecule has 2 aromatic carbocycles. The Morgan fingerprint density at radius 2 is 2.00 bits per heavy atom. The van der Waals surface area contributed by atoms with Crippen molar-refractivity contribution in [2.24, 2.45) is 0 Å². The first-order valence-corrected chi connectivity index (χ1v) is 8.69. The van der Waals surface area contributed by atoms with Crippen molar-refractivity contribution >= 4 is 27.9 Å². The molecule has 1 N–H and O–H groups in total. The Morgan fingerprint density at radius 3 is 2.63 bits per heavy atom. The van der Waals surface area contributed by atoms with Crippen molar-refractivity contribution in [2.75, 3.05) is 13.7 Å². The van der Waals surface area contributed by atoms with E-state index in [4.69, 9.17) is 14.7 Å². The number of methoxy groups -OCH3 is 1. The Morgan fingerprint density at radius 1 is 1.26 bits per heavy atom. The molecule has 7 heteroatoms. The van der Waals surface area contributed by atoms with Gasteiger partial charge in [0.05, 0.1) is 11.6 Å². The highest BCUT2D eigenvalue weighted by Gasteiger charge is 2.13. The Bertz CT molecular complexity index is 928. The van der Waals surface area contributed by atoms with Crippen molar-refractivity contribution in [1.82, 2.24) is 5.32 Å². The van der Waals surface area contributed by atoms with Crippen molar-refractivity contribution in [3.63, 3.8) is 0 Å². The van der Waals surface area contributed by atoms with Gasteiger partial charge in [0, 0.05) is 6.54 Å². The maximum absolute atomic E-state index is 12.3. The number of carbonyl (C=O) groups is 1. The normalized spacial score (nSPS) is 10.4. The van der Waals surface area contributed by atoms with Crippen LogP contribution in [0.3, 0.4) is 0 Å². The molecule has 0 atom stereocenters. The van der Waals surface area contributed by atoms with Gasteiger partial charge in [-0.15, -0.1) is 0 Å². The molecular formula is C20H16BrN3O3. The molecule has 2 aromatic rings. The van der Waals surface area contributed by atoms with Gasteiger partial charge >= 0.3 is 0 Å². The molecule has 2 rings (SSSR count). The van der Waals surface area contributed by atoms with Crippen LogP contribution in [0.25, 0.3) is 6.08 Å². The van der Waals surface area contributed by atoms with Crippen LogP contribution in [0.15, 0.2) is 52.5 Å². The van der Waals surface area contributed by atoms with Crippen LogP contribution in [0, 0.1) is 22.7 Å². The van der Waals surface area contributed by atoms with E-state index >= 15 is 0 Å². The third kappa shape index (κ3) is 5.60. The molecule has 0 aliphatic rings. The zero-order valence-electron chi connectivity index (χ0n) is 14.5. The van der Waals surface area contributed by atoms with Crippen LogP contribution >= 0.6 is 15.9 Å². The molecule has 0 aliphatic heterocycles. The summed E-state index contributed by atoms with van der Waals surface area (Å²) in [5.41, 5.74) is 1.48. The topological polar surface area (TPSA) is 95.1 Å². The summed E-state index contributed by atoms with van der Waals surface area (Å²) in [5.74, 6) is 0.289. The summed E-state index contributed by atoms with van der Waals surface area (Å²) >= 11 is 3.35. The lowest BCUT2D eigenvalue weighted by Gasteiger charge is -2.11. The van der Waals surface area contributed by atoms with E-state index in [2.05, 4.69) is 21.2 Å². The fraction of sp³-hybridized carbons (Fsp3) is 0.150. The van der Waals surface area contributed by atoms with Crippen molar-refractivity contribution < 1.29 is 14.3 Å². The van der Waals surface area contributed by atoms with E-state index in [0.717, 1.165) is 5.56 Å². The molecule has 27 heavy (non-hydrogen) atoms. The minimum atomic E-state index is -0.471. The second kappa shape index (κ2) is 10.0. The Hall–Kier alpha value is -3.29. The fourth-order valence-corrected chi connectivity index (χ4v) is 2.83. The number of hydrogen-bond acceptors (Lipinski definition) is 5. The van der Waals surface area contributed by atoms with Crippen LogP contribution in [0.1, 0.15) is 11.1 Å². The van der Waals surface area contributed by atoms with Gasteiger partial charge in [0.2, 0.25) is 0 Å². The molecule has 0 heterocycles. The Labute approximate surface area is 165 Å². The summed E-state index contributed by atoms with van der Waals surface area (Å²) in [6, 6.07) is 16.5. The first-order valence-electron chi connectivity index (χ1n) is 7.90. The third-order valence-corrected chi connectivity index (χ3v) is 4.09. The zero-order valence-corrected chi connectivity index (χ0v) is 16.1. The number of benzene rings is 2. The maximum atomic E-state index is 12.3. The fourth-order valence-electron chi connectivity index (χ4n) is 2.26. The quantitative estimate of drug-likeness (QED) is 0.540. The summed E-state index contributed by atoms with van der Waals surface area (Å²) in [6.07, 6.45) is 1.46. The van der Waals surface area contributed by atoms with Gasteiger partial charge in [0.25, 0.3) is 5.91 Å². The highest BCUT2D eigenvalue weighted by Crippen LogP contribution is 2.37. The van der Waals surface area contributed by atoms with Crippen molar-refractivity contribution in [3.05, 3.63) is 63.6 Å². The summed E-state index contributed by atoms with van der Waals surface area (Å²) in [7, 11) is 1.46. The number of nitrogens with zero attached hydrogens (tertiary/aromatic N) is 2. The van der Waals surface area contributed by atoms with E-state index in [9.17, 15) is 10.1 Å². The average molecular weight is 426 g/mol. The van der Waals surface area contributed by atoms with Gasteiger partial charge in [-0.2, -0.15) is 10.5 Å². The number of ether oxygens (including phenoxy) is 2. The molecule has 0 aromatic heterocycles. The van der Waals surface area contributed by atoms with E-state index in [0.29, 0.717) is 28.1 Å². The largest absolute Gasteiger partial charge is 0.493 e. The van der Waals surface area contributed by atoms with Gasteiger partial charge in [0.15, 0.2) is 18.1 Å². The highest BCUT2D eigenvalue weighted by molar-refractivity contribution is 9.10. The van der Waals surface area contributed by atoms with Crippen LogP contribution < -0.4 is 14.8 Å². The van der Waals surface area contributed by atoms with E-state index in [1.165, 1.54) is 13.2 Å². The van der Waals surface area contributed by atoms with E-state index in [1.54, 1.807) is 12.1 Å². The minimum Gasteiger partial charge on any atom is -0.493 e. The van der Waals surface area contributed by atoms with Gasteiger partial charge in [-0.1, -0.05) is 30.3 Å². The number of amides is 1. The van der Waals surface area contributed by atoms with Gasteiger partial charge in [-0.3, -0.25) is 4.79 Å². The summed E-state index contributed by atoms with van der Waals surface area (Å²) in [6.45, 7) is 0.197. The number of carbonyl (C=O) groups excluding carboxylic acids is 1. The monoisotopic (exact) mass is 425 g/mol. The molecule has 0 saturated carbocycles. The highest BCUT2D eigenvalue weighted by atomic mass is 79.9. The average Bonchev–Trinajstić information content (AvgIpc) is 2.69. The lowest BCUT2D eigenvalue weighted by atomic mass is 10.1. The molecular weight excluding hydrogens is 410 g/mol. The molecule has 0 radical (unpaired) electrons. The summed E-state index contributed by atoms with van der Waals surface area (Å²) < 4.78 is 11.1. The lowest BCUT2D eigenvalue weighted by molar-refractivity contribution is -0.117. The molecule has 1 amide bonds. The van der Waals surface area contributed by atoms with E-state index < -0.39 is 5.91 Å². The second-order valence-corrected chi connectivity index (χ2v) is 6.17. The Kier molecular flexibility index (Phi) is 7.42. The zero-order chi connectivity index (χ0) is 19.6. The van der Waals surface area contributed by atoms with E-state index in [-0.39, 0.29) is 12.2 Å². The van der Waals surface area contributed by atoms with E-state index in [1.807, 2.05) is 42.5 Å². The predicted molar refractivity (Wildman–Crippen MR) is 104 cm³/mol. The smallest absolute Gasteiger partial charge is 0.262 e. The van der Waals surface area contributed by atoms with Gasteiger partial charge in [-0.05, 0) is 45.3 Å². The van der Waals surface area contributed by atoms with Crippen LogP contribution in [0.4, 0.5) is 0 Å². The van der Waals surface area contributed by atoms with Crippen LogP contribution in [0.2, 0.25) is 0 Å². The van der Waals surface area contributed by atoms with Gasteiger partial charge in [0.1, 0.15) is 17.7 Å². The SMILES string of the molecule is COc1cc(/C=C(/C#N)C(=O)NCc2ccccc2)cc(Br)c1OCC#N. The Balaban J connectivity index is 2.21. The number of halogens is 1. The van der Waals surface area contributed by atoms with Crippen molar-refractivity contribution in [2.45, 2.75) is 6.54 Å². The van der Waals surface area contributed by atoms with Gasteiger partial charge < -0.3 is 14.8 Å². The molecule has 0 fully saturated rings. The standard InChI is InChI=1S/C20H16BrN3O3/c1-26-18-11-15(10-17(21)19(18)27-8-7-22)9-16(12-23)20(25)24-13-14-5-3-2-4-6-14/h2-6,9-11H,8,13H2,1H3,(H,24,25)/b16-9-. The van der Waals surface area contributed by atoms with Crippen LogP contribution in [-0.4, -0.2) is 19.6 Å². The predicted octanol–water partition coefficient (Wildman–Crippen LogP) is 3.58. The van der Waals surface area contributed by atoms with Crippen LogP contribution in [-0.2, 0) is 11.3 Å². The molecule has 0 unspecified atom stereocenters. The molecule has 0 saturated heterocycles. The molecule has 6 nitrogen and oxygen atoms in total.